The third-order valence-electron chi connectivity index (χ3n) is 6.11. The molecule has 1 aromatic heterocycles. The summed E-state index contributed by atoms with van der Waals surface area (Å²) in [4.78, 5) is 35.7. The molecule has 2 N–H and O–H groups in total. The standard InChI is InChI=1S/C29H29N5O6S/c1-28(2,3)34-41(37,38)24-11-6-5-10-22(24)21-12-13-25(31-18-21)32-27(36)29(16-26(35)39-4)15-23(33-40-29)20-9-7-8-19(14-20)17-30/h5-14,18,34H,15-16H2,1-4H3,(H,31,32,36)/t29-/m0/s1. The molecule has 1 atom stereocenters. The summed E-state index contributed by atoms with van der Waals surface area (Å²) in [7, 11) is -2.63. The topological polar surface area (TPSA) is 160 Å². The summed E-state index contributed by atoms with van der Waals surface area (Å²) < 4.78 is 33.5. The van der Waals surface area contributed by atoms with E-state index >= 15 is 0 Å². The highest BCUT2D eigenvalue weighted by molar-refractivity contribution is 7.89. The molecular weight excluding hydrogens is 546 g/mol. The Morgan fingerprint density at radius 1 is 1.10 bits per heavy atom. The molecule has 212 valence electrons. The van der Waals surface area contributed by atoms with Gasteiger partial charge in [0.05, 0.1) is 35.8 Å². The van der Waals surface area contributed by atoms with Crippen LogP contribution in [-0.4, -0.2) is 49.2 Å². The van der Waals surface area contributed by atoms with Crippen LogP contribution in [0.1, 0.15) is 44.7 Å². The van der Waals surface area contributed by atoms with E-state index in [0.29, 0.717) is 28.0 Å². The van der Waals surface area contributed by atoms with Crippen molar-refractivity contribution in [2.24, 2.45) is 5.16 Å². The minimum Gasteiger partial charge on any atom is -0.469 e. The number of pyridine rings is 1. The summed E-state index contributed by atoms with van der Waals surface area (Å²) >= 11 is 0. The van der Waals surface area contributed by atoms with Crippen molar-refractivity contribution in [1.29, 1.82) is 5.26 Å². The Hall–Kier alpha value is -4.60. The van der Waals surface area contributed by atoms with Gasteiger partial charge in [0.15, 0.2) is 0 Å². The van der Waals surface area contributed by atoms with Gasteiger partial charge in [-0.25, -0.2) is 18.1 Å². The fraction of sp³-hybridized carbons (Fsp3) is 0.276. The van der Waals surface area contributed by atoms with Gasteiger partial charge < -0.3 is 14.9 Å². The van der Waals surface area contributed by atoms with Gasteiger partial charge in [-0.05, 0) is 51.1 Å². The average molecular weight is 576 g/mol. The van der Waals surface area contributed by atoms with Crippen molar-refractivity contribution in [2.75, 3.05) is 12.4 Å². The number of nitriles is 1. The molecule has 3 aromatic rings. The first-order chi connectivity index (χ1) is 19.4. The van der Waals surface area contributed by atoms with Gasteiger partial charge in [-0.15, -0.1) is 0 Å². The van der Waals surface area contributed by atoms with Crippen LogP contribution < -0.4 is 10.0 Å². The molecule has 0 aliphatic carbocycles. The molecule has 41 heavy (non-hydrogen) atoms. The first-order valence-corrected chi connectivity index (χ1v) is 14.1. The largest absolute Gasteiger partial charge is 0.469 e. The van der Waals surface area contributed by atoms with Crippen LogP contribution in [0.4, 0.5) is 5.82 Å². The van der Waals surface area contributed by atoms with Gasteiger partial charge in [-0.3, -0.25) is 9.59 Å². The minimum atomic E-state index is -3.83. The fourth-order valence-electron chi connectivity index (χ4n) is 4.26. The predicted molar refractivity (Wildman–Crippen MR) is 151 cm³/mol. The number of hydrogen-bond donors (Lipinski definition) is 2. The number of carbonyl (C=O) groups is 2. The van der Waals surface area contributed by atoms with Gasteiger partial charge in [-0.1, -0.05) is 35.5 Å². The summed E-state index contributed by atoms with van der Waals surface area (Å²) in [5.41, 5.74) is -0.0382. The lowest BCUT2D eigenvalue weighted by Crippen LogP contribution is -2.45. The number of aromatic nitrogens is 1. The normalized spacial score (nSPS) is 16.7. The number of esters is 1. The molecule has 4 rings (SSSR count). The molecule has 0 radical (unpaired) electrons. The molecule has 2 aromatic carbocycles. The van der Waals surface area contributed by atoms with E-state index in [2.05, 4.69) is 26.2 Å². The highest BCUT2D eigenvalue weighted by Gasteiger charge is 2.49. The zero-order chi connectivity index (χ0) is 29.8. The first kappa shape index (κ1) is 29.4. The molecule has 0 bridgehead atoms. The molecule has 0 saturated heterocycles. The van der Waals surface area contributed by atoms with E-state index in [1.165, 1.54) is 25.4 Å². The molecule has 0 saturated carbocycles. The first-order valence-electron chi connectivity index (χ1n) is 12.6. The van der Waals surface area contributed by atoms with Crippen LogP contribution in [0.25, 0.3) is 11.1 Å². The van der Waals surface area contributed by atoms with Crippen LogP contribution in [0.15, 0.2) is 76.9 Å². The molecular formula is C29H29N5O6S. The highest BCUT2D eigenvalue weighted by Crippen LogP contribution is 2.33. The SMILES string of the molecule is COC(=O)C[C@]1(C(=O)Nc2ccc(-c3ccccc3S(=O)(=O)NC(C)(C)C)cn2)CC(c2cccc(C#N)c2)=NO1. The van der Waals surface area contributed by atoms with E-state index < -0.39 is 39.5 Å². The minimum absolute atomic E-state index is 0.0487. The quantitative estimate of drug-likeness (QED) is 0.384. The second kappa shape index (κ2) is 11.5. The second-order valence-electron chi connectivity index (χ2n) is 10.5. The van der Waals surface area contributed by atoms with Crippen molar-refractivity contribution < 1.29 is 27.6 Å². The van der Waals surface area contributed by atoms with E-state index in [1.807, 2.05) is 0 Å². The predicted octanol–water partition coefficient (Wildman–Crippen LogP) is 3.76. The van der Waals surface area contributed by atoms with Crippen molar-refractivity contribution in [3.05, 3.63) is 78.0 Å². The van der Waals surface area contributed by atoms with Gasteiger partial charge in [0.2, 0.25) is 15.6 Å². The number of sulfonamides is 1. The number of benzene rings is 2. The number of methoxy groups -OCH3 is 1. The fourth-order valence-corrected chi connectivity index (χ4v) is 5.91. The van der Waals surface area contributed by atoms with E-state index in [1.54, 1.807) is 69.3 Å². The Kier molecular flexibility index (Phi) is 8.23. The number of oxime groups is 1. The van der Waals surface area contributed by atoms with Crippen LogP contribution in [0.3, 0.4) is 0 Å². The van der Waals surface area contributed by atoms with E-state index in [9.17, 15) is 23.3 Å². The van der Waals surface area contributed by atoms with Crippen molar-refractivity contribution in [3.8, 4) is 17.2 Å². The Balaban J connectivity index is 1.57. The molecule has 0 fully saturated rings. The number of rotatable bonds is 8. The lowest BCUT2D eigenvalue weighted by molar-refractivity contribution is -0.155. The molecule has 0 unspecified atom stereocenters. The Labute approximate surface area is 238 Å². The molecule has 1 amide bonds. The number of carbonyl (C=O) groups excluding carboxylic acids is 2. The van der Waals surface area contributed by atoms with Crippen molar-refractivity contribution in [3.63, 3.8) is 0 Å². The third-order valence-corrected chi connectivity index (χ3v) is 7.93. The summed E-state index contributed by atoms with van der Waals surface area (Å²) in [5, 5.41) is 15.9. The smallest absolute Gasteiger partial charge is 0.310 e. The highest BCUT2D eigenvalue weighted by atomic mass is 32.2. The van der Waals surface area contributed by atoms with Crippen molar-refractivity contribution in [1.82, 2.24) is 9.71 Å². The van der Waals surface area contributed by atoms with Gasteiger partial charge >= 0.3 is 5.97 Å². The zero-order valence-electron chi connectivity index (χ0n) is 23.0. The van der Waals surface area contributed by atoms with Crippen LogP contribution >= 0.6 is 0 Å². The molecule has 12 heteroatoms. The molecule has 11 nitrogen and oxygen atoms in total. The average Bonchev–Trinajstić information content (AvgIpc) is 3.37. The second-order valence-corrected chi connectivity index (χ2v) is 12.1. The monoisotopic (exact) mass is 575 g/mol. The maximum atomic E-state index is 13.5. The summed E-state index contributed by atoms with van der Waals surface area (Å²) in [6, 6.07) is 18.4. The maximum Gasteiger partial charge on any atom is 0.310 e. The molecule has 0 spiro atoms. The van der Waals surface area contributed by atoms with Gasteiger partial charge in [0.1, 0.15) is 5.82 Å². The Morgan fingerprint density at radius 3 is 2.51 bits per heavy atom. The van der Waals surface area contributed by atoms with Gasteiger partial charge in [-0.2, -0.15) is 5.26 Å². The molecule has 1 aliphatic heterocycles. The third kappa shape index (κ3) is 6.77. The molecule has 2 heterocycles. The van der Waals surface area contributed by atoms with Crippen molar-refractivity contribution >= 4 is 33.4 Å². The number of amides is 1. The number of anilines is 1. The zero-order valence-corrected chi connectivity index (χ0v) is 23.8. The number of nitrogens with one attached hydrogen (secondary N) is 2. The van der Waals surface area contributed by atoms with Crippen molar-refractivity contribution in [2.45, 2.75) is 49.6 Å². The van der Waals surface area contributed by atoms with Crippen LogP contribution in [0, 0.1) is 11.3 Å². The lowest BCUT2D eigenvalue weighted by atomic mass is 9.89. The summed E-state index contributed by atoms with van der Waals surface area (Å²) in [5.74, 6) is -1.19. The van der Waals surface area contributed by atoms with Crippen LogP contribution in [-0.2, 0) is 29.2 Å². The van der Waals surface area contributed by atoms with Crippen LogP contribution in [0.5, 0.6) is 0 Å². The van der Waals surface area contributed by atoms with Gasteiger partial charge in [0.25, 0.3) is 5.91 Å². The Morgan fingerprint density at radius 2 is 1.85 bits per heavy atom. The van der Waals surface area contributed by atoms with E-state index in [4.69, 9.17) is 9.57 Å². The number of nitrogens with zero attached hydrogens (tertiary/aromatic N) is 3. The summed E-state index contributed by atoms with van der Waals surface area (Å²) in [6.07, 6.45) is 0.982. The van der Waals surface area contributed by atoms with Gasteiger partial charge in [0, 0.05) is 34.8 Å². The maximum absolute atomic E-state index is 13.5. The van der Waals surface area contributed by atoms with Crippen LogP contribution in [0.2, 0.25) is 0 Å². The Bertz CT molecular complexity index is 1660. The summed E-state index contributed by atoms with van der Waals surface area (Å²) in [6.45, 7) is 5.26. The lowest BCUT2D eigenvalue weighted by Gasteiger charge is -2.24. The van der Waals surface area contributed by atoms with E-state index in [0.717, 1.165) is 0 Å². The van der Waals surface area contributed by atoms with E-state index in [-0.39, 0.29) is 17.1 Å². The number of ether oxygens (including phenoxy) is 1. The number of hydrogen-bond acceptors (Lipinski definition) is 9. The molecule has 1 aliphatic rings.